The van der Waals surface area contributed by atoms with Gasteiger partial charge in [0.25, 0.3) is 0 Å². The van der Waals surface area contributed by atoms with Crippen LogP contribution in [0.5, 0.6) is 5.75 Å². The van der Waals surface area contributed by atoms with Gasteiger partial charge in [0.1, 0.15) is 23.1 Å². The third kappa shape index (κ3) is 3.82. The average molecular weight is 360 g/mol. The average Bonchev–Trinajstić information content (AvgIpc) is 3.41. The molecule has 0 radical (unpaired) electrons. The fourth-order valence-corrected chi connectivity index (χ4v) is 2.68. The quantitative estimate of drug-likeness (QED) is 0.827. The number of benzene rings is 2. The molecule has 0 heterocycles. The van der Waals surface area contributed by atoms with Crippen molar-refractivity contribution in [3.05, 3.63) is 54.1 Å². The molecule has 26 heavy (non-hydrogen) atoms. The van der Waals surface area contributed by atoms with Crippen LogP contribution in [0.4, 0.5) is 20.2 Å². The van der Waals surface area contributed by atoms with Gasteiger partial charge in [-0.15, -0.1) is 0 Å². The Balaban J connectivity index is 1.61. The monoisotopic (exact) mass is 360 g/mol. The second-order valence-corrected chi connectivity index (χ2v) is 5.95. The number of amides is 2. The van der Waals surface area contributed by atoms with Gasteiger partial charge in [-0.1, -0.05) is 18.2 Å². The number of nitrogens with one attached hydrogen (secondary N) is 2. The van der Waals surface area contributed by atoms with Gasteiger partial charge >= 0.3 is 0 Å². The molecule has 0 saturated heterocycles. The number of ether oxygens (including phenoxy) is 1. The number of hydrogen-bond acceptors (Lipinski definition) is 3. The summed E-state index contributed by atoms with van der Waals surface area (Å²) in [5.41, 5.74) is 0.0239. The minimum absolute atomic E-state index is 0.324. The molecule has 5 nitrogen and oxygen atoms in total. The van der Waals surface area contributed by atoms with Crippen LogP contribution in [0.15, 0.2) is 42.5 Å². The number of carbonyl (C=O) groups excluding carboxylic acids is 2. The third-order valence-corrected chi connectivity index (χ3v) is 4.12. The van der Waals surface area contributed by atoms with Gasteiger partial charge in [-0.05, 0) is 37.6 Å². The van der Waals surface area contributed by atoms with Crippen LogP contribution in [0.2, 0.25) is 0 Å². The lowest BCUT2D eigenvalue weighted by molar-refractivity contribution is -0.122. The maximum atomic E-state index is 13.6. The first-order chi connectivity index (χ1) is 12.5. The first-order valence-electron chi connectivity index (χ1n) is 8.28. The second-order valence-electron chi connectivity index (χ2n) is 5.95. The van der Waals surface area contributed by atoms with Crippen LogP contribution in [0.1, 0.15) is 13.3 Å². The molecule has 1 saturated carbocycles. The van der Waals surface area contributed by atoms with Gasteiger partial charge in [-0.2, -0.15) is 0 Å². The number of para-hydroxylation sites is 3. The molecule has 2 unspecified atom stereocenters. The van der Waals surface area contributed by atoms with E-state index in [9.17, 15) is 18.4 Å². The maximum Gasteiger partial charge on any atom is 0.228 e. The Morgan fingerprint density at radius 2 is 1.62 bits per heavy atom. The normalized spacial score (nSPS) is 18.1. The Labute approximate surface area is 149 Å². The van der Waals surface area contributed by atoms with E-state index in [0.717, 1.165) is 12.1 Å². The molecule has 2 atom stereocenters. The Bertz CT molecular complexity index is 821. The third-order valence-electron chi connectivity index (χ3n) is 4.12. The lowest BCUT2D eigenvalue weighted by Gasteiger charge is -2.11. The molecule has 1 aliphatic rings. The molecule has 3 rings (SSSR count). The molecule has 0 aromatic heterocycles. The lowest BCUT2D eigenvalue weighted by Crippen LogP contribution is -2.21. The van der Waals surface area contributed by atoms with Crippen molar-refractivity contribution in [3.63, 3.8) is 0 Å². The Kier molecular flexibility index (Phi) is 5.16. The lowest BCUT2D eigenvalue weighted by atomic mass is 10.2. The maximum absolute atomic E-state index is 13.6. The summed E-state index contributed by atoms with van der Waals surface area (Å²) < 4.78 is 32.7. The van der Waals surface area contributed by atoms with Crippen LogP contribution in [0.3, 0.4) is 0 Å². The van der Waals surface area contributed by atoms with E-state index in [-0.39, 0.29) is 5.91 Å². The fourth-order valence-electron chi connectivity index (χ4n) is 2.68. The van der Waals surface area contributed by atoms with Gasteiger partial charge in [0.15, 0.2) is 0 Å². The van der Waals surface area contributed by atoms with E-state index in [0.29, 0.717) is 24.5 Å². The van der Waals surface area contributed by atoms with Crippen LogP contribution in [-0.4, -0.2) is 18.4 Å². The summed E-state index contributed by atoms with van der Waals surface area (Å²) in [5, 5.41) is 4.96. The largest absolute Gasteiger partial charge is 0.492 e. The van der Waals surface area contributed by atoms with Crippen LogP contribution < -0.4 is 15.4 Å². The zero-order chi connectivity index (χ0) is 18.7. The molecule has 0 bridgehead atoms. The SMILES string of the molecule is CCOc1ccccc1NC(=O)C1CC1C(=O)Nc1c(F)cccc1F. The predicted octanol–water partition coefficient (Wildman–Crippen LogP) is 3.58. The Morgan fingerprint density at radius 3 is 2.27 bits per heavy atom. The van der Waals surface area contributed by atoms with Gasteiger partial charge in [0.05, 0.1) is 24.1 Å². The zero-order valence-corrected chi connectivity index (χ0v) is 14.1. The number of halogens is 2. The summed E-state index contributed by atoms with van der Waals surface area (Å²) >= 11 is 0. The van der Waals surface area contributed by atoms with Gasteiger partial charge in [-0.3, -0.25) is 9.59 Å². The van der Waals surface area contributed by atoms with Crippen LogP contribution in [0.25, 0.3) is 0 Å². The summed E-state index contributed by atoms with van der Waals surface area (Å²) in [6, 6.07) is 10.3. The summed E-state index contributed by atoms with van der Waals surface area (Å²) in [6.07, 6.45) is 0.324. The minimum Gasteiger partial charge on any atom is -0.492 e. The first-order valence-corrected chi connectivity index (χ1v) is 8.28. The van der Waals surface area contributed by atoms with Crippen molar-refractivity contribution in [3.8, 4) is 5.75 Å². The van der Waals surface area contributed by atoms with E-state index in [1.54, 1.807) is 24.3 Å². The molecular weight excluding hydrogens is 342 g/mol. The smallest absolute Gasteiger partial charge is 0.228 e. The van der Waals surface area contributed by atoms with Crippen molar-refractivity contribution in [2.45, 2.75) is 13.3 Å². The van der Waals surface area contributed by atoms with Crippen molar-refractivity contribution in [2.75, 3.05) is 17.2 Å². The molecule has 0 spiro atoms. The van der Waals surface area contributed by atoms with Crippen molar-refractivity contribution >= 4 is 23.2 Å². The molecular formula is C19H18F2N2O3. The van der Waals surface area contributed by atoms with Crippen molar-refractivity contribution in [1.29, 1.82) is 0 Å². The summed E-state index contributed by atoms with van der Waals surface area (Å²) in [6.45, 7) is 2.29. The number of rotatable bonds is 6. The summed E-state index contributed by atoms with van der Waals surface area (Å²) in [7, 11) is 0. The Hall–Kier alpha value is -2.96. The van der Waals surface area contributed by atoms with Crippen LogP contribution >= 0.6 is 0 Å². The molecule has 2 amide bonds. The molecule has 1 aliphatic carbocycles. The highest BCUT2D eigenvalue weighted by Gasteiger charge is 2.48. The molecule has 0 aliphatic heterocycles. The van der Waals surface area contributed by atoms with Crippen LogP contribution in [0, 0.1) is 23.5 Å². The van der Waals surface area contributed by atoms with Gasteiger partial charge in [0, 0.05) is 0 Å². The number of carbonyl (C=O) groups is 2. The topological polar surface area (TPSA) is 67.4 Å². The van der Waals surface area contributed by atoms with Crippen molar-refractivity contribution in [2.24, 2.45) is 11.8 Å². The molecule has 7 heteroatoms. The molecule has 1 fully saturated rings. The van der Waals surface area contributed by atoms with Crippen molar-refractivity contribution in [1.82, 2.24) is 0 Å². The van der Waals surface area contributed by atoms with Gasteiger partial charge in [-0.25, -0.2) is 8.78 Å². The van der Waals surface area contributed by atoms with Crippen LogP contribution in [-0.2, 0) is 9.59 Å². The predicted molar refractivity (Wildman–Crippen MR) is 92.8 cm³/mol. The highest BCUT2D eigenvalue weighted by Crippen LogP contribution is 2.41. The number of hydrogen-bond donors (Lipinski definition) is 2. The van der Waals surface area contributed by atoms with Crippen molar-refractivity contribution < 1.29 is 23.1 Å². The summed E-state index contributed by atoms with van der Waals surface area (Å²) in [4.78, 5) is 24.5. The molecule has 2 aromatic rings. The highest BCUT2D eigenvalue weighted by atomic mass is 19.1. The number of anilines is 2. The standard InChI is InChI=1S/C19H18F2N2O3/c1-2-26-16-9-4-3-8-15(16)22-18(24)11-10-12(11)19(25)23-17-13(20)6-5-7-14(17)21/h3-9,11-12H,2,10H2,1H3,(H,22,24)(H,23,25). The van der Waals surface area contributed by atoms with E-state index >= 15 is 0 Å². The first kappa shape index (κ1) is 17.8. The minimum atomic E-state index is -0.856. The van der Waals surface area contributed by atoms with E-state index in [2.05, 4.69) is 10.6 Å². The van der Waals surface area contributed by atoms with E-state index < -0.39 is 35.1 Å². The molecule has 136 valence electrons. The van der Waals surface area contributed by atoms with E-state index in [1.807, 2.05) is 6.92 Å². The fraction of sp³-hybridized carbons (Fsp3) is 0.263. The van der Waals surface area contributed by atoms with E-state index in [1.165, 1.54) is 6.07 Å². The van der Waals surface area contributed by atoms with Gasteiger partial charge in [0.2, 0.25) is 11.8 Å². The Morgan fingerprint density at radius 1 is 1.00 bits per heavy atom. The van der Waals surface area contributed by atoms with E-state index in [4.69, 9.17) is 4.74 Å². The second kappa shape index (κ2) is 7.51. The molecule has 2 N–H and O–H groups in total. The highest BCUT2D eigenvalue weighted by molar-refractivity contribution is 6.03. The van der Waals surface area contributed by atoms with Gasteiger partial charge < -0.3 is 15.4 Å². The summed E-state index contributed by atoms with van der Waals surface area (Å²) in [5.74, 6) is -3.24. The molecule has 2 aromatic carbocycles. The zero-order valence-electron chi connectivity index (χ0n) is 14.1.